The molecule has 0 aromatic carbocycles. The van der Waals surface area contributed by atoms with E-state index in [-0.39, 0.29) is 0 Å². The first-order valence-corrected chi connectivity index (χ1v) is 5.65. The Morgan fingerprint density at radius 3 is 3.25 bits per heavy atom. The third-order valence-corrected chi connectivity index (χ3v) is 3.00. The summed E-state index contributed by atoms with van der Waals surface area (Å²) in [5, 5.41) is 0. The van der Waals surface area contributed by atoms with Crippen LogP contribution < -0.4 is 4.90 Å². The molecule has 0 saturated carbocycles. The fourth-order valence-electron chi connectivity index (χ4n) is 2.26. The smallest absolute Gasteiger partial charge is 0.214 e. The topological polar surface area (TPSA) is 25.4 Å². The van der Waals surface area contributed by atoms with Gasteiger partial charge < -0.3 is 9.64 Å². The van der Waals surface area contributed by atoms with Crippen LogP contribution in [0, 0.1) is 11.9 Å². The van der Waals surface area contributed by atoms with E-state index in [0.29, 0.717) is 5.92 Å². The summed E-state index contributed by atoms with van der Waals surface area (Å²) >= 11 is 0. The molecule has 16 heavy (non-hydrogen) atoms. The predicted octanol–water partition coefficient (Wildman–Crippen LogP) is 2.08. The van der Waals surface area contributed by atoms with Crippen LogP contribution in [0.2, 0.25) is 0 Å². The Morgan fingerprint density at radius 2 is 2.50 bits per heavy atom. The van der Waals surface area contributed by atoms with E-state index >= 15 is 0 Å². The molecule has 0 N–H and O–H groups in total. The van der Waals surface area contributed by atoms with Crippen molar-refractivity contribution < 1.29 is 9.13 Å². The highest BCUT2D eigenvalue weighted by Gasteiger charge is 2.20. The summed E-state index contributed by atoms with van der Waals surface area (Å²) in [7, 11) is 1.73. The van der Waals surface area contributed by atoms with E-state index in [0.717, 1.165) is 31.8 Å². The van der Waals surface area contributed by atoms with Crippen LogP contribution >= 0.6 is 0 Å². The lowest BCUT2D eigenvalue weighted by Gasteiger charge is -2.34. The number of rotatable bonds is 3. The molecular formula is C12H17FN2O. The van der Waals surface area contributed by atoms with Gasteiger partial charge in [-0.05, 0) is 24.8 Å². The Balaban J connectivity index is 2.03. The maximum absolute atomic E-state index is 13.0. The van der Waals surface area contributed by atoms with Crippen LogP contribution in [0.25, 0.3) is 0 Å². The van der Waals surface area contributed by atoms with Gasteiger partial charge in [0.15, 0.2) is 0 Å². The second-order valence-electron chi connectivity index (χ2n) is 4.25. The number of halogens is 1. The predicted molar refractivity (Wildman–Crippen MR) is 61.0 cm³/mol. The zero-order valence-corrected chi connectivity index (χ0v) is 9.53. The number of ether oxygens (including phenoxy) is 1. The van der Waals surface area contributed by atoms with Crippen molar-refractivity contribution in [2.24, 2.45) is 5.92 Å². The highest BCUT2D eigenvalue weighted by molar-refractivity contribution is 5.45. The van der Waals surface area contributed by atoms with Gasteiger partial charge in [0, 0.05) is 38.1 Å². The molecule has 1 fully saturated rings. The van der Waals surface area contributed by atoms with E-state index in [9.17, 15) is 4.39 Å². The average Bonchev–Trinajstić information content (AvgIpc) is 2.30. The largest absolute Gasteiger partial charge is 0.384 e. The van der Waals surface area contributed by atoms with Gasteiger partial charge >= 0.3 is 0 Å². The van der Waals surface area contributed by atoms with Gasteiger partial charge in [-0.3, -0.25) is 0 Å². The molecule has 2 rings (SSSR count). The van der Waals surface area contributed by atoms with Gasteiger partial charge in [-0.1, -0.05) is 0 Å². The fourth-order valence-corrected chi connectivity index (χ4v) is 2.26. The van der Waals surface area contributed by atoms with Crippen LogP contribution in [0.1, 0.15) is 12.8 Å². The van der Waals surface area contributed by atoms with Crippen molar-refractivity contribution in [3.8, 4) is 0 Å². The normalized spacial score (nSPS) is 21.1. The molecule has 1 aliphatic heterocycles. The number of aromatic nitrogens is 1. The third kappa shape index (κ3) is 2.70. The molecule has 3 nitrogen and oxygen atoms in total. The molecule has 0 radical (unpaired) electrons. The Bertz CT molecular complexity index is 344. The van der Waals surface area contributed by atoms with Crippen molar-refractivity contribution in [3.63, 3.8) is 0 Å². The van der Waals surface area contributed by atoms with E-state index in [1.54, 1.807) is 7.11 Å². The van der Waals surface area contributed by atoms with Gasteiger partial charge in [0.25, 0.3) is 0 Å². The van der Waals surface area contributed by atoms with Crippen LogP contribution in [0.3, 0.4) is 0 Å². The fraction of sp³-hybridized carbons (Fsp3) is 0.583. The molecule has 0 bridgehead atoms. The molecule has 0 amide bonds. The minimum Gasteiger partial charge on any atom is -0.384 e. The summed E-state index contributed by atoms with van der Waals surface area (Å²) in [5.41, 5.74) is 0.924. The minimum absolute atomic E-state index is 0.411. The average molecular weight is 224 g/mol. The molecular weight excluding hydrogens is 207 g/mol. The summed E-state index contributed by atoms with van der Waals surface area (Å²) in [4.78, 5) is 5.78. The molecule has 1 saturated heterocycles. The van der Waals surface area contributed by atoms with Gasteiger partial charge in [-0.2, -0.15) is 4.39 Å². The molecule has 1 aromatic rings. The number of anilines is 1. The SMILES string of the molecule is COCC1CCCN(c2ccnc(F)c2)C1. The van der Waals surface area contributed by atoms with E-state index in [1.807, 2.05) is 6.07 Å². The Morgan fingerprint density at radius 1 is 1.62 bits per heavy atom. The molecule has 2 heterocycles. The summed E-state index contributed by atoms with van der Waals surface area (Å²) < 4.78 is 18.2. The number of nitrogens with zero attached hydrogens (tertiary/aromatic N) is 2. The summed E-state index contributed by atoms with van der Waals surface area (Å²) in [5.74, 6) is 0.140. The number of pyridine rings is 1. The molecule has 0 aliphatic carbocycles. The van der Waals surface area contributed by atoms with Crippen molar-refractivity contribution in [2.75, 3.05) is 31.7 Å². The molecule has 1 unspecified atom stereocenters. The summed E-state index contributed by atoms with van der Waals surface area (Å²) in [6.45, 7) is 2.71. The zero-order valence-electron chi connectivity index (χ0n) is 9.53. The van der Waals surface area contributed by atoms with Crippen molar-refractivity contribution in [3.05, 3.63) is 24.3 Å². The van der Waals surface area contributed by atoms with E-state index in [2.05, 4.69) is 9.88 Å². The second kappa shape index (κ2) is 5.25. The van der Waals surface area contributed by atoms with Crippen LogP contribution in [0.15, 0.2) is 18.3 Å². The van der Waals surface area contributed by atoms with E-state index in [4.69, 9.17) is 4.74 Å². The summed E-state index contributed by atoms with van der Waals surface area (Å²) in [6, 6.07) is 3.35. The molecule has 88 valence electrons. The van der Waals surface area contributed by atoms with Crippen molar-refractivity contribution in [1.29, 1.82) is 0 Å². The lowest BCUT2D eigenvalue weighted by Crippen LogP contribution is -2.37. The van der Waals surface area contributed by atoms with Gasteiger partial charge in [-0.15, -0.1) is 0 Å². The highest BCUT2D eigenvalue weighted by Crippen LogP contribution is 2.23. The zero-order chi connectivity index (χ0) is 11.4. The van der Waals surface area contributed by atoms with Gasteiger partial charge in [0.2, 0.25) is 5.95 Å². The molecule has 1 atom stereocenters. The van der Waals surface area contributed by atoms with Crippen LogP contribution in [-0.2, 0) is 4.74 Å². The van der Waals surface area contributed by atoms with Crippen molar-refractivity contribution in [2.45, 2.75) is 12.8 Å². The Kier molecular flexibility index (Phi) is 3.72. The monoisotopic (exact) mass is 224 g/mol. The quantitative estimate of drug-likeness (QED) is 0.735. The number of hydrogen-bond donors (Lipinski definition) is 0. The lowest BCUT2D eigenvalue weighted by molar-refractivity contribution is 0.143. The summed E-state index contributed by atoms with van der Waals surface area (Å²) in [6.07, 6.45) is 3.85. The first kappa shape index (κ1) is 11.3. The van der Waals surface area contributed by atoms with Crippen LogP contribution in [-0.4, -0.2) is 31.8 Å². The van der Waals surface area contributed by atoms with Crippen molar-refractivity contribution >= 4 is 5.69 Å². The second-order valence-corrected chi connectivity index (χ2v) is 4.25. The van der Waals surface area contributed by atoms with Gasteiger partial charge in [0.1, 0.15) is 0 Å². The van der Waals surface area contributed by atoms with Crippen LogP contribution in [0.5, 0.6) is 0 Å². The molecule has 1 aliphatic rings. The van der Waals surface area contributed by atoms with Gasteiger partial charge in [-0.25, -0.2) is 4.98 Å². The van der Waals surface area contributed by atoms with Crippen molar-refractivity contribution in [1.82, 2.24) is 4.98 Å². The first-order chi connectivity index (χ1) is 7.79. The highest BCUT2D eigenvalue weighted by atomic mass is 19.1. The Labute approximate surface area is 95.2 Å². The lowest BCUT2D eigenvalue weighted by atomic mass is 9.98. The van der Waals surface area contributed by atoms with E-state index in [1.165, 1.54) is 18.7 Å². The molecule has 1 aromatic heterocycles. The standard InChI is InChI=1S/C12H17FN2O/c1-16-9-10-3-2-6-15(8-10)11-4-5-14-12(13)7-11/h4-5,7,10H,2-3,6,8-9H2,1H3. The van der Waals surface area contributed by atoms with Crippen LogP contribution in [0.4, 0.5) is 10.1 Å². The number of methoxy groups -OCH3 is 1. The van der Waals surface area contributed by atoms with Gasteiger partial charge in [0.05, 0.1) is 6.61 Å². The van der Waals surface area contributed by atoms with E-state index < -0.39 is 5.95 Å². The number of hydrogen-bond acceptors (Lipinski definition) is 3. The first-order valence-electron chi connectivity index (χ1n) is 5.65. The molecule has 4 heteroatoms. The Hall–Kier alpha value is -1.16. The maximum Gasteiger partial charge on any atom is 0.214 e. The molecule has 0 spiro atoms. The third-order valence-electron chi connectivity index (χ3n) is 3.00. The minimum atomic E-state index is -0.411. The maximum atomic E-state index is 13.0. The number of piperidine rings is 1.